The van der Waals surface area contributed by atoms with Gasteiger partial charge in [0.2, 0.25) is 0 Å². The van der Waals surface area contributed by atoms with E-state index in [1.165, 1.54) is 16.7 Å². The van der Waals surface area contributed by atoms with Crippen molar-refractivity contribution in [2.45, 2.75) is 27.7 Å². The van der Waals surface area contributed by atoms with Crippen molar-refractivity contribution in [3.63, 3.8) is 0 Å². The zero-order valence-corrected chi connectivity index (χ0v) is 9.67. The maximum Gasteiger partial charge on any atom is -0.0225 e. The molecule has 0 aliphatic carbocycles. The monoisotopic (exact) mass is 188 g/mol. The summed E-state index contributed by atoms with van der Waals surface area (Å²) in [6.07, 6.45) is 4.01. The van der Waals surface area contributed by atoms with E-state index < -0.39 is 0 Å². The van der Waals surface area contributed by atoms with Crippen LogP contribution in [0.3, 0.4) is 0 Å². The average molecular weight is 188 g/mol. The number of benzene rings is 1. The van der Waals surface area contributed by atoms with Crippen LogP contribution < -0.4 is 0 Å². The summed E-state index contributed by atoms with van der Waals surface area (Å²) in [4.78, 5) is 0. The van der Waals surface area contributed by atoms with E-state index in [9.17, 15) is 0 Å². The average Bonchev–Trinajstić information content (AvgIpc) is 2.24. The molecule has 0 aliphatic rings. The molecule has 0 atom stereocenters. The quantitative estimate of drug-likeness (QED) is 0.594. The van der Waals surface area contributed by atoms with Crippen LogP contribution in [0, 0.1) is 6.92 Å². The summed E-state index contributed by atoms with van der Waals surface area (Å²) in [5.41, 5.74) is 3.78. The molecule has 0 spiro atoms. The van der Waals surface area contributed by atoms with Gasteiger partial charge in [0.25, 0.3) is 0 Å². The van der Waals surface area contributed by atoms with E-state index in [-0.39, 0.29) is 0 Å². The first-order valence-corrected chi connectivity index (χ1v) is 5.10. The van der Waals surface area contributed by atoms with Crippen molar-refractivity contribution in [1.82, 2.24) is 0 Å². The molecule has 76 valence electrons. The van der Waals surface area contributed by atoms with Gasteiger partial charge >= 0.3 is 0 Å². The summed E-state index contributed by atoms with van der Waals surface area (Å²) in [6, 6.07) is 8.33. The zero-order chi connectivity index (χ0) is 11.0. The molecule has 0 aromatic heterocycles. The van der Waals surface area contributed by atoms with Crippen molar-refractivity contribution in [3.05, 3.63) is 53.6 Å². The summed E-state index contributed by atoms with van der Waals surface area (Å²) in [5.74, 6) is 0. The lowest BCUT2D eigenvalue weighted by atomic mass is 10.1. The summed E-state index contributed by atoms with van der Waals surface area (Å²) in [7, 11) is 0. The highest BCUT2D eigenvalue weighted by Crippen LogP contribution is 2.11. The van der Waals surface area contributed by atoms with E-state index in [1.54, 1.807) is 0 Å². The first-order chi connectivity index (χ1) is 6.74. The summed E-state index contributed by atoms with van der Waals surface area (Å²) in [5, 5.41) is 0. The van der Waals surface area contributed by atoms with Crippen LogP contribution in [-0.4, -0.2) is 0 Å². The van der Waals surface area contributed by atoms with Crippen molar-refractivity contribution in [2.24, 2.45) is 0 Å². The summed E-state index contributed by atoms with van der Waals surface area (Å²) >= 11 is 0. The molecule has 0 nitrogen and oxygen atoms in total. The molecule has 1 rings (SSSR count). The van der Waals surface area contributed by atoms with Crippen molar-refractivity contribution in [1.29, 1.82) is 0 Å². The molecular formula is C14H20. The smallest absolute Gasteiger partial charge is 0.0225 e. The molecule has 0 saturated carbocycles. The Balaban J connectivity index is 0.000000791. The highest BCUT2D eigenvalue weighted by atomic mass is 14.0. The van der Waals surface area contributed by atoms with Crippen LogP contribution in [0.1, 0.15) is 31.9 Å². The molecule has 0 amide bonds. The second kappa shape index (κ2) is 7.14. The van der Waals surface area contributed by atoms with E-state index in [1.807, 2.05) is 19.9 Å². The number of aryl methyl sites for hydroxylation is 1. The third-order valence-electron chi connectivity index (χ3n) is 1.89. The maximum atomic E-state index is 3.72. The number of hydrogen-bond donors (Lipinski definition) is 0. The normalized spacial score (nSPS) is 10.1. The predicted molar refractivity (Wildman–Crippen MR) is 66.4 cm³/mol. The fourth-order valence-electron chi connectivity index (χ4n) is 1.05. The Bertz CT molecular complexity index is 306. The third-order valence-corrected chi connectivity index (χ3v) is 1.89. The minimum absolute atomic E-state index is 1.20. The van der Waals surface area contributed by atoms with Gasteiger partial charge in [-0.05, 0) is 25.0 Å². The van der Waals surface area contributed by atoms with Crippen LogP contribution in [0.15, 0.2) is 42.5 Å². The van der Waals surface area contributed by atoms with Crippen molar-refractivity contribution in [3.8, 4) is 0 Å². The van der Waals surface area contributed by atoms with Crippen LogP contribution >= 0.6 is 0 Å². The lowest BCUT2D eigenvalue weighted by Gasteiger charge is -1.99. The van der Waals surface area contributed by atoms with Crippen LogP contribution in [0.5, 0.6) is 0 Å². The van der Waals surface area contributed by atoms with Gasteiger partial charge in [-0.15, -0.1) is 0 Å². The lowest BCUT2D eigenvalue weighted by Crippen LogP contribution is -1.79. The fraction of sp³-hybridized carbons (Fsp3) is 0.286. The second-order valence-electron chi connectivity index (χ2n) is 2.95. The van der Waals surface area contributed by atoms with Crippen LogP contribution in [0.2, 0.25) is 0 Å². The van der Waals surface area contributed by atoms with Crippen molar-refractivity contribution >= 4 is 6.08 Å². The van der Waals surface area contributed by atoms with Gasteiger partial charge in [-0.25, -0.2) is 0 Å². The molecule has 0 fully saturated rings. The molecule has 14 heavy (non-hydrogen) atoms. The zero-order valence-electron chi connectivity index (χ0n) is 9.67. The van der Waals surface area contributed by atoms with Crippen molar-refractivity contribution < 1.29 is 0 Å². The van der Waals surface area contributed by atoms with E-state index in [4.69, 9.17) is 0 Å². The third kappa shape index (κ3) is 4.08. The van der Waals surface area contributed by atoms with Gasteiger partial charge in [-0.3, -0.25) is 0 Å². The SMILES string of the molecule is C=C/C(C)=C/c1ccccc1C.CC. The molecule has 0 aliphatic heterocycles. The molecule has 0 bridgehead atoms. The lowest BCUT2D eigenvalue weighted by molar-refractivity contribution is 1.43. The topological polar surface area (TPSA) is 0 Å². The Morgan fingerprint density at radius 2 is 1.79 bits per heavy atom. The Morgan fingerprint density at radius 3 is 2.29 bits per heavy atom. The van der Waals surface area contributed by atoms with E-state index >= 15 is 0 Å². The molecule has 1 aromatic carbocycles. The van der Waals surface area contributed by atoms with Gasteiger partial charge in [0.1, 0.15) is 0 Å². The molecule has 0 radical (unpaired) electrons. The minimum Gasteiger partial charge on any atom is -0.0988 e. The molecule has 1 aromatic rings. The standard InChI is InChI=1S/C12H14.C2H6/c1-4-10(2)9-12-8-6-5-7-11(12)3;1-2/h4-9H,1H2,2-3H3;1-2H3/b10-9+;. The van der Waals surface area contributed by atoms with Crippen LogP contribution in [0.25, 0.3) is 6.08 Å². The largest absolute Gasteiger partial charge is 0.0988 e. The first-order valence-electron chi connectivity index (χ1n) is 5.10. The Labute approximate surface area is 88.0 Å². The number of hydrogen-bond acceptors (Lipinski definition) is 0. The van der Waals surface area contributed by atoms with Crippen molar-refractivity contribution in [2.75, 3.05) is 0 Å². The molecule has 0 saturated heterocycles. The highest BCUT2D eigenvalue weighted by Gasteiger charge is 1.91. The van der Waals surface area contributed by atoms with Gasteiger partial charge in [0, 0.05) is 0 Å². The minimum atomic E-state index is 1.20. The summed E-state index contributed by atoms with van der Waals surface area (Å²) < 4.78 is 0. The second-order valence-corrected chi connectivity index (χ2v) is 2.95. The maximum absolute atomic E-state index is 3.72. The molecule has 0 heteroatoms. The van der Waals surface area contributed by atoms with Gasteiger partial charge in [0.05, 0.1) is 0 Å². The predicted octanol–water partition coefficient (Wildman–Crippen LogP) is 4.61. The highest BCUT2D eigenvalue weighted by molar-refractivity contribution is 5.57. The first kappa shape index (κ1) is 12.7. The van der Waals surface area contributed by atoms with E-state index in [0.29, 0.717) is 0 Å². The van der Waals surface area contributed by atoms with Crippen LogP contribution in [0.4, 0.5) is 0 Å². The van der Waals surface area contributed by atoms with Gasteiger partial charge in [-0.2, -0.15) is 0 Å². The van der Waals surface area contributed by atoms with E-state index in [0.717, 1.165) is 0 Å². The molecule has 0 heterocycles. The van der Waals surface area contributed by atoms with Crippen LogP contribution in [-0.2, 0) is 0 Å². The van der Waals surface area contributed by atoms with E-state index in [2.05, 4.69) is 50.8 Å². The number of allylic oxidation sites excluding steroid dienone is 2. The molecular weight excluding hydrogens is 168 g/mol. The Morgan fingerprint density at radius 1 is 1.21 bits per heavy atom. The van der Waals surface area contributed by atoms with Gasteiger partial charge < -0.3 is 0 Å². The molecule has 0 N–H and O–H groups in total. The Hall–Kier alpha value is -1.30. The Kier molecular flexibility index (Phi) is 6.47. The number of rotatable bonds is 2. The van der Waals surface area contributed by atoms with Gasteiger partial charge in [-0.1, -0.05) is 62.4 Å². The fourth-order valence-corrected chi connectivity index (χ4v) is 1.05. The van der Waals surface area contributed by atoms with Gasteiger partial charge in [0.15, 0.2) is 0 Å². The molecule has 0 unspecified atom stereocenters. The summed E-state index contributed by atoms with van der Waals surface area (Å²) in [6.45, 7) is 11.9.